The van der Waals surface area contributed by atoms with Crippen molar-refractivity contribution in [2.24, 2.45) is 11.8 Å². The first-order valence-electron chi connectivity index (χ1n) is 8.37. The molecule has 0 saturated carbocycles. The Hall–Kier alpha value is -1.73. The Bertz CT molecular complexity index is 480. The lowest BCUT2D eigenvalue weighted by Gasteiger charge is -2.32. The molecule has 1 aliphatic carbocycles. The standard InChI is InChI=1S/C16H24F3N3O2/c17-16(18,19)11-21-14(23)13-7-4-8-22(10-13)15(24)20-9-12-5-2-1-3-6-12/h1-2,12-13H,3-11H2,(H,20,24)(H,21,23)/t12-,13+/m0/s1. The third-order valence-electron chi connectivity index (χ3n) is 4.46. The fourth-order valence-electron chi connectivity index (χ4n) is 3.09. The Morgan fingerprint density at radius 3 is 2.62 bits per heavy atom. The van der Waals surface area contributed by atoms with Gasteiger partial charge in [-0.3, -0.25) is 4.79 Å². The first kappa shape index (κ1) is 18.6. The van der Waals surface area contributed by atoms with Gasteiger partial charge in [0.25, 0.3) is 0 Å². The molecule has 0 aromatic rings. The van der Waals surface area contributed by atoms with Gasteiger partial charge < -0.3 is 15.5 Å². The molecule has 136 valence electrons. The lowest BCUT2D eigenvalue weighted by atomic mass is 9.94. The average Bonchev–Trinajstić information content (AvgIpc) is 2.58. The van der Waals surface area contributed by atoms with Crippen molar-refractivity contribution in [3.8, 4) is 0 Å². The first-order chi connectivity index (χ1) is 11.3. The molecule has 8 heteroatoms. The Labute approximate surface area is 139 Å². The van der Waals surface area contributed by atoms with Gasteiger partial charge in [0, 0.05) is 19.6 Å². The van der Waals surface area contributed by atoms with E-state index >= 15 is 0 Å². The minimum absolute atomic E-state index is 0.167. The van der Waals surface area contributed by atoms with Crippen molar-refractivity contribution in [1.29, 1.82) is 0 Å². The number of alkyl halides is 3. The Morgan fingerprint density at radius 2 is 1.96 bits per heavy atom. The van der Waals surface area contributed by atoms with Crippen LogP contribution in [0.15, 0.2) is 12.2 Å². The number of urea groups is 1. The number of piperidine rings is 1. The summed E-state index contributed by atoms with van der Waals surface area (Å²) < 4.78 is 36.5. The van der Waals surface area contributed by atoms with Gasteiger partial charge in [-0.25, -0.2) is 4.79 Å². The molecule has 0 aromatic carbocycles. The lowest BCUT2D eigenvalue weighted by Crippen LogP contribution is -2.50. The van der Waals surface area contributed by atoms with Crippen molar-refractivity contribution < 1.29 is 22.8 Å². The smallest absolute Gasteiger partial charge is 0.347 e. The number of rotatable bonds is 4. The molecule has 1 fully saturated rings. The van der Waals surface area contributed by atoms with Crippen LogP contribution in [0.2, 0.25) is 0 Å². The summed E-state index contributed by atoms with van der Waals surface area (Å²) in [6.45, 7) is -0.0477. The minimum atomic E-state index is -4.42. The molecule has 2 atom stereocenters. The molecule has 0 unspecified atom stereocenters. The molecule has 5 nitrogen and oxygen atoms in total. The summed E-state index contributed by atoms with van der Waals surface area (Å²) in [5.41, 5.74) is 0. The molecule has 1 aliphatic heterocycles. The molecule has 0 spiro atoms. The Balaban J connectivity index is 1.75. The molecule has 3 amide bonds. The van der Waals surface area contributed by atoms with E-state index in [1.54, 1.807) is 0 Å². The van der Waals surface area contributed by atoms with Gasteiger partial charge in [0.2, 0.25) is 5.91 Å². The van der Waals surface area contributed by atoms with Crippen molar-refractivity contribution >= 4 is 11.9 Å². The highest BCUT2D eigenvalue weighted by molar-refractivity contribution is 5.80. The monoisotopic (exact) mass is 347 g/mol. The van der Waals surface area contributed by atoms with Gasteiger partial charge in [0.1, 0.15) is 6.54 Å². The molecule has 2 N–H and O–H groups in total. The number of halogens is 3. The number of hydrogen-bond acceptors (Lipinski definition) is 2. The van der Waals surface area contributed by atoms with Crippen molar-refractivity contribution in [2.75, 3.05) is 26.2 Å². The molecule has 1 saturated heterocycles. The van der Waals surface area contributed by atoms with Crippen molar-refractivity contribution in [2.45, 2.75) is 38.3 Å². The summed E-state index contributed by atoms with van der Waals surface area (Å²) >= 11 is 0. The predicted octanol–water partition coefficient (Wildman–Crippen LogP) is 2.44. The summed E-state index contributed by atoms with van der Waals surface area (Å²) in [4.78, 5) is 25.6. The molecule has 0 bridgehead atoms. The average molecular weight is 347 g/mol. The SMILES string of the molecule is O=C(NCC(F)(F)F)[C@@H]1CCCN(C(=O)NC[C@H]2CC=CCC2)C1. The number of amides is 3. The largest absolute Gasteiger partial charge is 0.405 e. The van der Waals surface area contributed by atoms with E-state index in [4.69, 9.17) is 0 Å². The first-order valence-corrected chi connectivity index (χ1v) is 8.37. The molecule has 0 aromatic heterocycles. The maximum atomic E-state index is 12.2. The van der Waals surface area contributed by atoms with E-state index in [9.17, 15) is 22.8 Å². The second kappa shape index (κ2) is 8.39. The van der Waals surface area contributed by atoms with Crippen LogP contribution in [0.25, 0.3) is 0 Å². The van der Waals surface area contributed by atoms with Crippen LogP contribution in [-0.2, 0) is 4.79 Å². The van der Waals surface area contributed by atoms with E-state index in [1.165, 1.54) is 4.90 Å². The maximum absolute atomic E-state index is 12.2. The second-order valence-electron chi connectivity index (χ2n) is 6.45. The number of hydrogen-bond donors (Lipinski definition) is 2. The third-order valence-corrected chi connectivity index (χ3v) is 4.46. The van der Waals surface area contributed by atoms with Crippen LogP contribution in [-0.4, -0.2) is 49.2 Å². The van der Waals surface area contributed by atoms with Crippen LogP contribution in [0.1, 0.15) is 32.1 Å². The zero-order valence-electron chi connectivity index (χ0n) is 13.6. The van der Waals surface area contributed by atoms with Crippen molar-refractivity contribution in [1.82, 2.24) is 15.5 Å². The van der Waals surface area contributed by atoms with E-state index in [-0.39, 0.29) is 12.6 Å². The third kappa shape index (κ3) is 6.05. The molecule has 0 radical (unpaired) electrons. The highest BCUT2D eigenvalue weighted by Crippen LogP contribution is 2.19. The van der Waals surface area contributed by atoms with Crippen LogP contribution < -0.4 is 10.6 Å². The van der Waals surface area contributed by atoms with Crippen LogP contribution in [0.4, 0.5) is 18.0 Å². The summed E-state index contributed by atoms with van der Waals surface area (Å²) in [5.74, 6) is -0.790. The Morgan fingerprint density at radius 1 is 1.17 bits per heavy atom. The zero-order chi connectivity index (χ0) is 17.6. The van der Waals surface area contributed by atoms with Gasteiger partial charge in [-0.15, -0.1) is 0 Å². The highest BCUT2D eigenvalue weighted by Gasteiger charge is 2.32. The molecule has 2 rings (SSSR count). The van der Waals surface area contributed by atoms with Gasteiger partial charge in [0.15, 0.2) is 0 Å². The molecular weight excluding hydrogens is 323 g/mol. The Kier molecular flexibility index (Phi) is 6.51. The van der Waals surface area contributed by atoms with E-state index in [0.717, 1.165) is 19.3 Å². The van der Waals surface area contributed by atoms with Gasteiger partial charge >= 0.3 is 12.2 Å². The van der Waals surface area contributed by atoms with E-state index in [1.807, 2.05) is 5.32 Å². The normalized spacial score (nSPS) is 24.5. The van der Waals surface area contributed by atoms with E-state index in [0.29, 0.717) is 31.8 Å². The zero-order valence-corrected chi connectivity index (χ0v) is 13.6. The predicted molar refractivity (Wildman–Crippen MR) is 83.2 cm³/mol. The second-order valence-corrected chi connectivity index (χ2v) is 6.45. The van der Waals surface area contributed by atoms with Crippen molar-refractivity contribution in [3.05, 3.63) is 12.2 Å². The highest BCUT2D eigenvalue weighted by atomic mass is 19.4. The van der Waals surface area contributed by atoms with Crippen LogP contribution in [0.5, 0.6) is 0 Å². The van der Waals surface area contributed by atoms with Gasteiger partial charge in [-0.2, -0.15) is 13.2 Å². The van der Waals surface area contributed by atoms with Crippen LogP contribution in [0.3, 0.4) is 0 Å². The summed E-state index contributed by atoms with van der Waals surface area (Å²) in [5, 5.41) is 4.78. The minimum Gasteiger partial charge on any atom is -0.347 e. The lowest BCUT2D eigenvalue weighted by molar-refractivity contribution is -0.141. The molecule has 24 heavy (non-hydrogen) atoms. The molecular formula is C16H24F3N3O2. The van der Waals surface area contributed by atoms with Crippen LogP contribution >= 0.6 is 0 Å². The fraction of sp³-hybridized carbons (Fsp3) is 0.750. The molecule has 1 heterocycles. The quantitative estimate of drug-likeness (QED) is 0.768. The van der Waals surface area contributed by atoms with E-state index in [2.05, 4.69) is 17.5 Å². The van der Waals surface area contributed by atoms with Crippen LogP contribution in [0, 0.1) is 11.8 Å². The maximum Gasteiger partial charge on any atom is 0.405 e. The number of allylic oxidation sites excluding steroid dienone is 2. The molecule has 2 aliphatic rings. The van der Waals surface area contributed by atoms with Crippen molar-refractivity contribution in [3.63, 3.8) is 0 Å². The topological polar surface area (TPSA) is 61.4 Å². The number of nitrogens with one attached hydrogen (secondary N) is 2. The number of likely N-dealkylation sites (tertiary alicyclic amines) is 1. The summed E-state index contributed by atoms with van der Waals surface area (Å²) in [6, 6.07) is -0.238. The fourth-order valence-corrected chi connectivity index (χ4v) is 3.09. The number of carbonyl (C=O) groups is 2. The summed E-state index contributed by atoms with van der Waals surface area (Å²) in [6.07, 6.45) is 3.95. The summed E-state index contributed by atoms with van der Waals surface area (Å²) in [7, 11) is 0. The number of carbonyl (C=O) groups excluding carboxylic acids is 2. The van der Waals surface area contributed by atoms with Gasteiger partial charge in [-0.05, 0) is 38.0 Å². The van der Waals surface area contributed by atoms with E-state index < -0.39 is 24.5 Å². The van der Waals surface area contributed by atoms with Gasteiger partial charge in [-0.1, -0.05) is 12.2 Å². The van der Waals surface area contributed by atoms with Gasteiger partial charge in [0.05, 0.1) is 5.92 Å². The number of nitrogens with zero attached hydrogens (tertiary/aromatic N) is 1.